The van der Waals surface area contributed by atoms with Crippen molar-refractivity contribution in [2.45, 2.75) is 6.42 Å². The normalized spacial score (nSPS) is 19.6. The number of hydrogen-bond acceptors (Lipinski definition) is 5. The first kappa shape index (κ1) is 21.5. The highest BCUT2D eigenvalue weighted by Gasteiger charge is 2.37. The molecule has 1 aromatic carbocycles. The maximum Gasteiger partial charge on any atom is 0.261 e. The first-order valence-corrected chi connectivity index (χ1v) is 11.3. The van der Waals surface area contributed by atoms with Crippen LogP contribution in [0.25, 0.3) is 0 Å². The van der Waals surface area contributed by atoms with E-state index in [1.165, 1.54) is 23.5 Å². The van der Waals surface area contributed by atoms with Gasteiger partial charge in [-0.05, 0) is 35.7 Å². The highest BCUT2D eigenvalue weighted by molar-refractivity contribution is 7.12. The van der Waals surface area contributed by atoms with Gasteiger partial charge >= 0.3 is 0 Å². The third kappa shape index (κ3) is 5.11. The summed E-state index contributed by atoms with van der Waals surface area (Å²) < 4.78 is 13.1. The maximum absolute atomic E-state index is 13.1. The van der Waals surface area contributed by atoms with Crippen LogP contribution in [0.2, 0.25) is 0 Å². The molecule has 0 saturated carbocycles. The molecule has 2 aliphatic rings. The minimum absolute atomic E-state index is 0.00334. The smallest absolute Gasteiger partial charge is 0.261 e. The summed E-state index contributed by atoms with van der Waals surface area (Å²) in [6, 6.07) is 9.42. The number of thiophene rings is 1. The Morgan fingerprint density at radius 3 is 2.52 bits per heavy atom. The molecule has 2 saturated heterocycles. The van der Waals surface area contributed by atoms with Gasteiger partial charge in [0.1, 0.15) is 5.82 Å². The molecule has 2 fully saturated rings. The average Bonchev–Trinajstić information content (AvgIpc) is 3.45. The molecule has 31 heavy (non-hydrogen) atoms. The summed E-state index contributed by atoms with van der Waals surface area (Å²) >= 11 is 1.42. The number of anilines is 1. The Kier molecular flexibility index (Phi) is 6.62. The molecule has 3 amide bonds. The number of benzene rings is 1. The summed E-state index contributed by atoms with van der Waals surface area (Å²) in [5.74, 6) is -0.879. The molecule has 0 aliphatic carbocycles. The summed E-state index contributed by atoms with van der Waals surface area (Å²) in [6.45, 7) is 4.33. The van der Waals surface area contributed by atoms with E-state index in [4.69, 9.17) is 0 Å². The predicted molar refractivity (Wildman–Crippen MR) is 117 cm³/mol. The molecule has 0 radical (unpaired) electrons. The van der Waals surface area contributed by atoms with Crippen LogP contribution in [0.1, 0.15) is 16.1 Å². The first-order valence-electron chi connectivity index (χ1n) is 10.4. The number of carbonyl (C=O) groups excluding carboxylic acids is 3. The Labute approximate surface area is 184 Å². The lowest BCUT2D eigenvalue weighted by Gasteiger charge is -2.35. The van der Waals surface area contributed by atoms with Crippen LogP contribution in [0.4, 0.5) is 10.1 Å². The lowest BCUT2D eigenvalue weighted by molar-refractivity contribution is -0.137. The van der Waals surface area contributed by atoms with Gasteiger partial charge in [0.05, 0.1) is 10.8 Å². The zero-order valence-corrected chi connectivity index (χ0v) is 17.9. The Hall–Kier alpha value is -2.78. The Morgan fingerprint density at radius 1 is 1.10 bits per heavy atom. The van der Waals surface area contributed by atoms with E-state index in [0.29, 0.717) is 36.7 Å². The molecule has 2 aliphatic heterocycles. The number of halogens is 1. The number of hydrogen-bond donors (Lipinski definition) is 1. The second-order valence-electron chi connectivity index (χ2n) is 7.78. The van der Waals surface area contributed by atoms with E-state index in [1.807, 2.05) is 16.3 Å². The Bertz CT molecular complexity index is 927. The Balaban J connectivity index is 1.21. The maximum atomic E-state index is 13.1. The van der Waals surface area contributed by atoms with Crippen molar-refractivity contribution in [1.29, 1.82) is 0 Å². The van der Waals surface area contributed by atoms with E-state index in [-0.39, 0.29) is 35.9 Å². The molecule has 3 heterocycles. The zero-order valence-electron chi connectivity index (χ0n) is 17.1. The van der Waals surface area contributed by atoms with Crippen molar-refractivity contribution in [2.24, 2.45) is 5.92 Å². The molecule has 7 nitrogen and oxygen atoms in total. The van der Waals surface area contributed by atoms with E-state index in [0.717, 1.165) is 19.6 Å². The topological polar surface area (TPSA) is 73.0 Å². The van der Waals surface area contributed by atoms with Gasteiger partial charge in [-0.2, -0.15) is 0 Å². The van der Waals surface area contributed by atoms with Crippen molar-refractivity contribution >= 4 is 34.7 Å². The molecule has 1 atom stereocenters. The molecular weight excluding hydrogens is 419 g/mol. The number of nitrogens with zero attached hydrogens (tertiary/aromatic N) is 3. The van der Waals surface area contributed by atoms with Crippen LogP contribution >= 0.6 is 11.3 Å². The van der Waals surface area contributed by atoms with Gasteiger partial charge in [-0.15, -0.1) is 11.3 Å². The van der Waals surface area contributed by atoms with Gasteiger partial charge < -0.3 is 15.1 Å². The molecule has 0 spiro atoms. The summed E-state index contributed by atoms with van der Waals surface area (Å²) in [4.78, 5) is 43.6. The summed E-state index contributed by atoms with van der Waals surface area (Å²) in [5.41, 5.74) is 0.621. The fraction of sp³-hybridized carbons (Fsp3) is 0.409. The lowest BCUT2D eigenvalue weighted by Crippen LogP contribution is -2.51. The fourth-order valence-corrected chi connectivity index (χ4v) is 4.66. The van der Waals surface area contributed by atoms with Gasteiger partial charge in [-0.3, -0.25) is 19.3 Å². The molecular formula is C22H25FN4O3S. The van der Waals surface area contributed by atoms with Crippen LogP contribution in [0, 0.1) is 11.7 Å². The fourth-order valence-electron chi connectivity index (χ4n) is 4.02. The molecule has 1 aromatic heterocycles. The molecule has 4 rings (SSSR count). The lowest BCUT2D eigenvalue weighted by atomic mass is 10.1. The van der Waals surface area contributed by atoms with Crippen LogP contribution in [0.5, 0.6) is 0 Å². The standard InChI is InChI=1S/C22H25FN4O3S/c23-17-3-5-18(6-4-17)27-15-16(14-20(27)28)22(30)26-11-9-25(10-12-26)8-7-24-21(29)19-2-1-13-31-19/h1-6,13,16H,7-12,14-15H2,(H,24,29). The quantitative estimate of drug-likeness (QED) is 0.738. The molecule has 9 heteroatoms. The van der Waals surface area contributed by atoms with Crippen molar-refractivity contribution in [3.05, 3.63) is 52.5 Å². The van der Waals surface area contributed by atoms with Crippen molar-refractivity contribution in [1.82, 2.24) is 15.1 Å². The summed E-state index contributed by atoms with van der Waals surface area (Å²) in [5, 5.41) is 4.80. The van der Waals surface area contributed by atoms with Crippen molar-refractivity contribution in [2.75, 3.05) is 50.7 Å². The second-order valence-corrected chi connectivity index (χ2v) is 8.73. The predicted octanol–water partition coefficient (Wildman–Crippen LogP) is 1.81. The van der Waals surface area contributed by atoms with Crippen LogP contribution in [0.15, 0.2) is 41.8 Å². The van der Waals surface area contributed by atoms with E-state index in [2.05, 4.69) is 10.2 Å². The molecule has 164 valence electrons. The van der Waals surface area contributed by atoms with Crippen LogP contribution in [0.3, 0.4) is 0 Å². The monoisotopic (exact) mass is 444 g/mol. The zero-order chi connectivity index (χ0) is 21.8. The molecule has 0 bridgehead atoms. The van der Waals surface area contributed by atoms with Crippen LogP contribution in [-0.2, 0) is 9.59 Å². The Morgan fingerprint density at radius 2 is 1.84 bits per heavy atom. The minimum atomic E-state index is -0.366. The van der Waals surface area contributed by atoms with Gasteiger partial charge in [-0.1, -0.05) is 6.07 Å². The number of piperazine rings is 1. The van der Waals surface area contributed by atoms with Crippen molar-refractivity contribution in [3.8, 4) is 0 Å². The third-order valence-corrected chi connectivity index (χ3v) is 6.62. The number of carbonyl (C=O) groups is 3. The van der Waals surface area contributed by atoms with Crippen LogP contribution < -0.4 is 10.2 Å². The average molecular weight is 445 g/mol. The minimum Gasteiger partial charge on any atom is -0.350 e. The molecule has 1 N–H and O–H groups in total. The van der Waals surface area contributed by atoms with Gasteiger partial charge in [0, 0.05) is 57.9 Å². The number of nitrogens with one attached hydrogen (secondary N) is 1. The van der Waals surface area contributed by atoms with Gasteiger partial charge in [0.25, 0.3) is 5.91 Å². The van der Waals surface area contributed by atoms with Gasteiger partial charge in [-0.25, -0.2) is 4.39 Å². The van der Waals surface area contributed by atoms with Gasteiger partial charge in [0.2, 0.25) is 11.8 Å². The first-order chi connectivity index (χ1) is 15.0. The SMILES string of the molecule is O=C(NCCN1CCN(C(=O)C2CC(=O)N(c3ccc(F)cc3)C2)CC1)c1cccs1. The number of rotatable bonds is 6. The van der Waals surface area contributed by atoms with Gasteiger partial charge in [0.15, 0.2) is 0 Å². The van der Waals surface area contributed by atoms with Crippen LogP contribution in [-0.4, -0.2) is 73.3 Å². The summed E-state index contributed by atoms with van der Waals surface area (Å²) in [7, 11) is 0. The molecule has 2 aromatic rings. The summed E-state index contributed by atoms with van der Waals surface area (Å²) in [6.07, 6.45) is 0.186. The molecule has 1 unspecified atom stereocenters. The third-order valence-electron chi connectivity index (χ3n) is 5.76. The largest absolute Gasteiger partial charge is 0.350 e. The van der Waals surface area contributed by atoms with E-state index in [9.17, 15) is 18.8 Å². The highest BCUT2D eigenvalue weighted by atomic mass is 32.1. The van der Waals surface area contributed by atoms with Crippen molar-refractivity contribution in [3.63, 3.8) is 0 Å². The van der Waals surface area contributed by atoms with E-state index >= 15 is 0 Å². The van der Waals surface area contributed by atoms with E-state index < -0.39 is 0 Å². The second kappa shape index (κ2) is 9.57. The van der Waals surface area contributed by atoms with E-state index in [1.54, 1.807) is 23.1 Å². The highest BCUT2D eigenvalue weighted by Crippen LogP contribution is 2.26. The van der Waals surface area contributed by atoms with Crippen molar-refractivity contribution < 1.29 is 18.8 Å². The number of amides is 3.